The Kier molecular flexibility index (Phi) is 3.84. The summed E-state index contributed by atoms with van der Waals surface area (Å²) in [6, 6.07) is 3.93. The summed E-state index contributed by atoms with van der Waals surface area (Å²) < 4.78 is 0. The number of hydrogen-bond acceptors (Lipinski definition) is 4. The Morgan fingerprint density at radius 1 is 1.56 bits per heavy atom. The number of amides is 2. The van der Waals surface area contributed by atoms with Crippen LogP contribution in [-0.4, -0.2) is 34.9 Å². The van der Waals surface area contributed by atoms with Crippen molar-refractivity contribution in [2.75, 3.05) is 18.2 Å². The van der Waals surface area contributed by atoms with Crippen molar-refractivity contribution < 1.29 is 9.59 Å². The molecule has 0 unspecified atom stereocenters. The zero-order chi connectivity index (χ0) is 11.4. The Morgan fingerprint density at radius 2 is 2.44 bits per heavy atom. The Hall–Kier alpha value is -1.01. The molecule has 0 saturated carbocycles. The molecule has 16 heavy (non-hydrogen) atoms. The summed E-state index contributed by atoms with van der Waals surface area (Å²) >= 11 is 3.16. The molecule has 1 aliphatic heterocycles. The first kappa shape index (κ1) is 11.5. The van der Waals surface area contributed by atoms with Gasteiger partial charge in [-0.1, -0.05) is 6.07 Å². The van der Waals surface area contributed by atoms with E-state index in [4.69, 9.17) is 0 Å². The van der Waals surface area contributed by atoms with Crippen LogP contribution in [0.1, 0.15) is 4.88 Å². The molecule has 2 amide bonds. The minimum atomic E-state index is -0.0933. The third-order valence-electron chi connectivity index (χ3n) is 2.20. The van der Waals surface area contributed by atoms with Crippen molar-refractivity contribution in [3.63, 3.8) is 0 Å². The molecule has 0 radical (unpaired) electrons. The lowest BCUT2D eigenvalue weighted by Gasteiger charge is -2.13. The number of hydrogen-bond donors (Lipinski definition) is 1. The first-order chi connectivity index (χ1) is 7.75. The fraction of sp³-hybridized carbons (Fsp3) is 0.400. The second-order valence-corrected chi connectivity index (χ2v) is 5.41. The number of rotatable bonds is 4. The van der Waals surface area contributed by atoms with Crippen LogP contribution >= 0.6 is 23.1 Å². The normalized spacial score (nSPS) is 15.5. The summed E-state index contributed by atoms with van der Waals surface area (Å²) in [5, 5.41) is 4.78. The molecule has 2 rings (SSSR count). The van der Waals surface area contributed by atoms with Gasteiger partial charge in [0.2, 0.25) is 11.8 Å². The fourth-order valence-corrected chi connectivity index (χ4v) is 2.92. The van der Waals surface area contributed by atoms with Crippen molar-refractivity contribution in [2.24, 2.45) is 0 Å². The molecule has 1 aliphatic rings. The van der Waals surface area contributed by atoms with Gasteiger partial charge in [0.15, 0.2) is 0 Å². The van der Waals surface area contributed by atoms with Crippen molar-refractivity contribution >= 4 is 34.9 Å². The molecular formula is C10H12N2O2S2. The first-order valence-electron chi connectivity index (χ1n) is 4.90. The molecule has 1 fully saturated rings. The Morgan fingerprint density at radius 3 is 3.06 bits per heavy atom. The van der Waals surface area contributed by atoms with Gasteiger partial charge in [-0.3, -0.25) is 9.59 Å². The smallest absolute Gasteiger partial charge is 0.239 e. The summed E-state index contributed by atoms with van der Waals surface area (Å²) in [6.07, 6.45) is 0. The van der Waals surface area contributed by atoms with Gasteiger partial charge in [0.1, 0.15) is 6.54 Å². The van der Waals surface area contributed by atoms with Crippen LogP contribution in [-0.2, 0) is 16.1 Å². The van der Waals surface area contributed by atoms with Gasteiger partial charge in [0.05, 0.1) is 18.2 Å². The van der Waals surface area contributed by atoms with E-state index in [0.717, 1.165) is 4.88 Å². The summed E-state index contributed by atoms with van der Waals surface area (Å²) in [4.78, 5) is 25.5. The highest BCUT2D eigenvalue weighted by Crippen LogP contribution is 2.14. The second-order valence-electron chi connectivity index (χ2n) is 3.43. The summed E-state index contributed by atoms with van der Waals surface area (Å²) in [6.45, 7) is 0.725. The van der Waals surface area contributed by atoms with Crippen molar-refractivity contribution in [1.29, 1.82) is 0 Å². The topological polar surface area (TPSA) is 49.4 Å². The monoisotopic (exact) mass is 256 g/mol. The predicted octanol–water partition coefficient (Wildman–Crippen LogP) is 0.897. The standard InChI is InChI=1S/C10H12N2O2S2/c13-9(5-12-7-15-6-10(12)14)11-4-8-2-1-3-16-8/h1-3H,4-7H2,(H,11,13). The van der Waals surface area contributed by atoms with Crippen LogP contribution in [0.25, 0.3) is 0 Å². The van der Waals surface area contributed by atoms with Gasteiger partial charge in [0.25, 0.3) is 0 Å². The molecule has 0 aromatic carbocycles. The zero-order valence-corrected chi connectivity index (χ0v) is 10.3. The number of thioether (sulfide) groups is 1. The van der Waals surface area contributed by atoms with E-state index in [2.05, 4.69) is 5.32 Å². The van der Waals surface area contributed by atoms with Gasteiger partial charge in [-0.15, -0.1) is 23.1 Å². The Labute approximate surface area is 102 Å². The van der Waals surface area contributed by atoms with Crippen LogP contribution in [0.4, 0.5) is 0 Å². The van der Waals surface area contributed by atoms with Gasteiger partial charge >= 0.3 is 0 Å². The van der Waals surface area contributed by atoms with E-state index in [9.17, 15) is 9.59 Å². The maximum Gasteiger partial charge on any atom is 0.239 e. The molecule has 2 heterocycles. The average molecular weight is 256 g/mol. The molecule has 1 N–H and O–H groups in total. The fourth-order valence-electron chi connectivity index (χ4n) is 1.37. The minimum absolute atomic E-state index is 0.0521. The maximum atomic E-state index is 11.5. The Bertz CT molecular complexity index is 378. The van der Waals surface area contributed by atoms with Gasteiger partial charge in [-0.05, 0) is 11.4 Å². The van der Waals surface area contributed by atoms with E-state index >= 15 is 0 Å². The quantitative estimate of drug-likeness (QED) is 0.870. The first-order valence-corrected chi connectivity index (χ1v) is 6.94. The van der Waals surface area contributed by atoms with Gasteiger partial charge in [-0.25, -0.2) is 0 Å². The lowest BCUT2D eigenvalue weighted by atomic mass is 10.4. The van der Waals surface area contributed by atoms with E-state index in [1.54, 1.807) is 28.0 Å². The summed E-state index contributed by atoms with van der Waals surface area (Å²) in [5.74, 6) is 1.09. The van der Waals surface area contributed by atoms with Crippen molar-refractivity contribution in [1.82, 2.24) is 10.2 Å². The number of nitrogens with one attached hydrogen (secondary N) is 1. The summed E-state index contributed by atoms with van der Waals surface area (Å²) in [7, 11) is 0. The van der Waals surface area contributed by atoms with E-state index in [0.29, 0.717) is 18.2 Å². The van der Waals surface area contributed by atoms with Crippen LogP contribution in [0.2, 0.25) is 0 Å². The molecule has 0 aliphatic carbocycles. The highest BCUT2D eigenvalue weighted by molar-refractivity contribution is 8.00. The number of carbonyl (C=O) groups excluding carboxylic acids is 2. The highest BCUT2D eigenvalue weighted by Gasteiger charge is 2.22. The number of carbonyl (C=O) groups is 2. The van der Waals surface area contributed by atoms with Crippen LogP contribution in [0.5, 0.6) is 0 Å². The van der Waals surface area contributed by atoms with Gasteiger partial charge in [-0.2, -0.15) is 0 Å². The second kappa shape index (κ2) is 5.36. The van der Waals surface area contributed by atoms with Crippen molar-refractivity contribution in [3.8, 4) is 0 Å². The van der Waals surface area contributed by atoms with Crippen LogP contribution < -0.4 is 5.32 Å². The molecule has 0 bridgehead atoms. The third kappa shape index (κ3) is 2.99. The molecule has 4 nitrogen and oxygen atoms in total. The van der Waals surface area contributed by atoms with Crippen LogP contribution in [0, 0.1) is 0 Å². The van der Waals surface area contributed by atoms with Crippen LogP contribution in [0.3, 0.4) is 0 Å². The molecule has 0 atom stereocenters. The van der Waals surface area contributed by atoms with E-state index in [1.165, 1.54) is 0 Å². The van der Waals surface area contributed by atoms with E-state index in [1.807, 2.05) is 17.5 Å². The largest absolute Gasteiger partial charge is 0.350 e. The SMILES string of the molecule is O=C(CN1CSCC1=O)NCc1cccs1. The molecule has 6 heteroatoms. The zero-order valence-electron chi connectivity index (χ0n) is 8.64. The summed E-state index contributed by atoms with van der Waals surface area (Å²) in [5.41, 5.74) is 0. The lowest BCUT2D eigenvalue weighted by Crippen LogP contribution is -2.37. The average Bonchev–Trinajstić information content (AvgIpc) is 2.88. The van der Waals surface area contributed by atoms with Crippen molar-refractivity contribution in [2.45, 2.75) is 6.54 Å². The molecule has 1 aromatic rings. The highest BCUT2D eigenvalue weighted by atomic mass is 32.2. The molecule has 1 saturated heterocycles. The van der Waals surface area contributed by atoms with Gasteiger partial charge < -0.3 is 10.2 Å². The lowest BCUT2D eigenvalue weighted by molar-refractivity contribution is -0.132. The van der Waals surface area contributed by atoms with Crippen LogP contribution in [0.15, 0.2) is 17.5 Å². The molecular weight excluding hydrogens is 244 g/mol. The number of thiophene rings is 1. The Balaban J connectivity index is 1.74. The third-order valence-corrected chi connectivity index (χ3v) is 4.02. The minimum Gasteiger partial charge on any atom is -0.350 e. The molecule has 0 spiro atoms. The van der Waals surface area contributed by atoms with Gasteiger partial charge in [0, 0.05) is 4.88 Å². The predicted molar refractivity (Wildman–Crippen MR) is 65.2 cm³/mol. The maximum absolute atomic E-state index is 11.5. The van der Waals surface area contributed by atoms with E-state index < -0.39 is 0 Å². The molecule has 86 valence electrons. The van der Waals surface area contributed by atoms with E-state index in [-0.39, 0.29) is 18.4 Å². The van der Waals surface area contributed by atoms with Crippen molar-refractivity contribution in [3.05, 3.63) is 22.4 Å². The molecule has 1 aromatic heterocycles. The number of nitrogens with zero attached hydrogens (tertiary/aromatic N) is 1.